The lowest BCUT2D eigenvalue weighted by Crippen LogP contribution is -1.99. The zero-order valence-electron chi connectivity index (χ0n) is 8.33. The monoisotopic (exact) mass is 200 g/mol. The summed E-state index contributed by atoms with van der Waals surface area (Å²) in [5.74, 6) is 1.34. The highest BCUT2D eigenvalue weighted by Crippen LogP contribution is 2.06. The van der Waals surface area contributed by atoms with Gasteiger partial charge in [-0.05, 0) is 18.8 Å². The minimum Gasteiger partial charge on any atom is -0.272 e. The Balaban J connectivity index is 2.28. The van der Waals surface area contributed by atoms with Crippen molar-refractivity contribution in [2.24, 2.45) is 5.92 Å². The van der Waals surface area contributed by atoms with Gasteiger partial charge in [0.05, 0.1) is 12.1 Å². The molecule has 0 spiro atoms. The molecule has 2 nitrogen and oxygen atoms in total. The molecule has 0 N–H and O–H groups in total. The summed E-state index contributed by atoms with van der Waals surface area (Å²) >= 11 is 5.67. The third kappa shape index (κ3) is 3.81. The molecule has 1 heterocycles. The average molecular weight is 201 g/mol. The SMILES string of the molecule is CC(C)CCCn1cc(CCl)cn1. The van der Waals surface area contributed by atoms with Crippen LogP contribution in [-0.4, -0.2) is 9.78 Å². The molecule has 0 aliphatic carbocycles. The largest absolute Gasteiger partial charge is 0.272 e. The van der Waals surface area contributed by atoms with E-state index >= 15 is 0 Å². The fourth-order valence-electron chi connectivity index (χ4n) is 1.26. The lowest BCUT2D eigenvalue weighted by Gasteiger charge is -2.03. The molecule has 0 saturated carbocycles. The van der Waals surface area contributed by atoms with Crippen LogP contribution in [0.1, 0.15) is 32.3 Å². The highest BCUT2D eigenvalue weighted by Gasteiger charge is 1.98. The minimum atomic E-state index is 0.560. The molecule has 0 aliphatic heterocycles. The molecule has 0 atom stereocenters. The van der Waals surface area contributed by atoms with E-state index in [9.17, 15) is 0 Å². The Kier molecular flexibility index (Phi) is 4.29. The lowest BCUT2D eigenvalue weighted by molar-refractivity contribution is 0.490. The van der Waals surface area contributed by atoms with Crippen molar-refractivity contribution in [1.29, 1.82) is 0 Å². The molecule has 3 heteroatoms. The van der Waals surface area contributed by atoms with E-state index in [4.69, 9.17) is 11.6 Å². The summed E-state index contributed by atoms with van der Waals surface area (Å²) in [6, 6.07) is 0. The van der Waals surface area contributed by atoms with E-state index in [0.717, 1.165) is 18.0 Å². The van der Waals surface area contributed by atoms with Crippen LogP contribution in [0.15, 0.2) is 12.4 Å². The number of halogens is 1. The number of hydrogen-bond acceptors (Lipinski definition) is 1. The van der Waals surface area contributed by atoms with Gasteiger partial charge in [-0.3, -0.25) is 4.68 Å². The van der Waals surface area contributed by atoms with Crippen LogP contribution in [0.4, 0.5) is 0 Å². The van der Waals surface area contributed by atoms with Gasteiger partial charge >= 0.3 is 0 Å². The quantitative estimate of drug-likeness (QED) is 0.669. The van der Waals surface area contributed by atoms with Crippen molar-refractivity contribution in [3.05, 3.63) is 18.0 Å². The number of aromatic nitrogens is 2. The third-order valence-corrected chi connectivity index (χ3v) is 2.32. The summed E-state index contributed by atoms with van der Waals surface area (Å²) in [4.78, 5) is 0. The predicted octanol–water partition coefficient (Wildman–Crippen LogP) is 3.06. The first-order chi connectivity index (χ1) is 6.22. The first kappa shape index (κ1) is 10.6. The Morgan fingerprint density at radius 2 is 2.31 bits per heavy atom. The Morgan fingerprint density at radius 1 is 1.54 bits per heavy atom. The molecule has 0 amide bonds. The van der Waals surface area contributed by atoms with Crippen molar-refractivity contribution in [3.8, 4) is 0 Å². The normalized spacial score (nSPS) is 11.1. The maximum Gasteiger partial charge on any atom is 0.0533 e. The van der Waals surface area contributed by atoms with Crippen molar-refractivity contribution < 1.29 is 0 Å². The van der Waals surface area contributed by atoms with E-state index in [2.05, 4.69) is 18.9 Å². The van der Waals surface area contributed by atoms with Gasteiger partial charge in [0.2, 0.25) is 0 Å². The van der Waals surface area contributed by atoms with E-state index < -0.39 is 0 Å². The van der Waals surface area contributed by atoms with E-state index in [1.165, 1.54) is 12.8 Å². The fraction of sp³-hybridized carbons (Fsp3) is 0.700. The molecule has 0 radical (unpaired) electrons. The molecule has 1 aromatic heterocycles. The molecule has 0 aromatic carbocycles. The maximum atomic E-state index is 5.67. The first-order valence-corrected chi connectivity index (χ1v) is 5.33. The second-order valence-corrected chi connectivity index (χ2v) is 4.05. The number of aryl methyl sites for hydroxylation is 1. The minimum absolute atomic E-state index is 0.560. The van der Waals surface area contributed by atoms with Crippen LogP contribution in [0.5, 0.6) is 0 Å². The lowest BCUT2D eigenvalue weighted by atomic mass is 10.1. The van der Waals surface area contributed by atoms with Crippen molar-refractivity contribution in [2.75, 3.05) is 0 Å². The summed E-state index contributed by atoms with van der Waals surface area (Å²) in [5.41, 5.74) is 1.10. The van der Waals surface area contributed by atoms with Crippen LogP contribution in [-0.2, 0) is 12.4 Å². The molecular weight excluding hydrogens is 184 g/mol. The standard InChI is InChI=1S/C10H17ClN2/c1-9(2)4-3-5-13-8-10(6-11)7-12-13/h7-9H,3-6H2,1-2H3. The van der Waals surface area contributed by atoms with Gasteiger partial charge in [-0.25, -0.2) is 0 Å². The van der Waals surface area contributed by atoms with Crippen LogP contribution in [0.25, 0.3) is 0 Å². The number of rotatable bonds is 5. The van der Waals surface area contributed by atoms with Crippen molar-refractivity contribution in [1.82, 2.24) is 9.78 Å². The van der Waals surface area contributed by atoms with Gasteiger partial charge < -0.3 is 0 Å². The Labute approximate surface area is 84.9 Å². The van der Waals surface area contributed by atoms with Gasteiger partial charge in [0.15, 0.2) is 0 Å². The second kappa shape index (κ2) is 5.28. The summed E-state index contributed by atoms with van der Waals surface area (Å²) in [6.07, 6.45) is 6.31. The Bertz CT molecular complexity index is 243. The van der Waals surface area contributed by atoms with Crippen LogP contribution in [0.2, 0.25) is 0 Å². The first-order valence-electron chi connectivity index (χ1n) is 4.79. The van der Waals surface area contributed by atoms with E-state index in [1.54, 1.807) is 0 Å². The van der Waals surface area contributed by atoms with Crippen LogP contribution in [0.3, 0.4) is 0 Å². The summed E-state index contributed by atoms with van der Waals surface area (Å²) in [5, 5.41) is 4.22. The molecule has 1 aromatic rings. The molecule has 0 unspecified atom stereocenters. The fourth-order valence-corrected chi connectivity index (χ4v) is 1.40. The Hall–Kier alpha value is -0.500. The zero-order valence-corrected chi connectivity index (χ0v) is 9.09. The number of nitrogens with zero attached hydrogens (tertiary/aromatic N) is 2. The summed E-state index contributed by atoms with van der Waals surface area (Å²) in [6.45, 7) is 5.50. The van der Waals surface area contributed by atoms with E-state index in [-0.39, 0.29) is 0 Å². The van der Waals surface area contributed by atoms with Crippen molar-refractivity contribution >= 4 is 11.6 Å². The number of hydrogen-bond donors (Lipinski definition) is 0. The second-order valence-electron chi connectivity index (χ2n) is 3.78. The van der Waals surface area contributed by atoms with Gasteiger partial charge in [-0.1, -0.05) is 13.8 Å². The third-order valence-electron chi connectivity index (χ3n) is 2.01. The predicted molar refractivity (Wildman–Crippen MR) is 55.9 cm³/mol. The highest BCUT2D eigenvalue weighted by molar-refractivity contribution is 6.17. The van der Waals surface area contributed by atoms with E-state index in [0.29, 0.717) is 5.88 Å². The van der Waals surface area contributed by atoms with Crippen molar-refractivity contribution in [3.63, 3.8) is 0 Å². The van der Waals surface area contributed by atoms with Gasteiger partial charge in [-0.15, -0.1) is 11.6 Å². The molecular formula is C10H17ClN2. The topological polar surface area (TPSA) is 17.8 Å². The zero-order chi connectivity index (χ0) is 9.68. The van der Waals surface area contributed by atoms with Crippen LogP contribution >= 0.6 is 11.6 Å². The van der Waals surface area contributed by atoms with E-state index in [1.807, 2.05) is 17.1 Å². The average Bonchev–Trinajstić information content (AvgIpc) is 2.52. The van der Waals surface area contributed by atoms with Gasteiger partial charge in [0.25, 0.3) is 0 Å². The maximum absolute atomic E-state index is 5.67. The molecule has 1 rings (SSSR count). The van der Waals surface area contributed by atoms with Gasteiger partial charge in [0.1, 0.15) is 0 Å². The van der Waals surface area contributed by atoms with Crippen LogP contribution < -0.4 is 0 Å². The molecule has 74 valence electrons. The van der Waals surface area contributed by atoms with Gasteiger partial charge in [0, 0.05) is 18.3 Å². The van der Waals surface area contributed by atoms with Crippen molar-refractivity contribution in [2.45, 2.75) is 39.1 Å². The molecule has 0 bridgehead atoms. The summed E-state index contributed by atoms with van der Waals surface area (Å²) in [7, 11) is 0. The number of alkyl halides is 1. The van der Waals surface area contributed by atoms with Crippen LogP contribution in [0, 0.1) is 5.92 Å². The Morgan fingerprint density at radius 3 is 2.85 bits per heavy atom. The molecule has 0 saturated heterocycles. The smallest absolute Gasteiger partial charge is 0.0533 e. The highest BCUT2D eigenvalue weighted by atomic mass is 35.5. The molecule has 0 aliphatic rings. The van der Waals surface area contributed by atoms with Gasteiger partial charge in [-0.2, -0.15) is 5.10 Å². The molecule has 0 fully saturated rings. The summed E-state index contributed by atoms with van der Waals surface area (Å²) < 4.78 is 1.97. The molecule has 13 heavy (non-hydrogen) atoms.